The van der Waals surface area contributed by atoms with E-state index >= 15 is 0 Å². The fraction of sp³-hybridized carbons (Fsp3) is 0.667. The van der Waals surface area contributed by atoms with E-state index in [2.05, 4.69) is 30.3 Å². The van der Waals surface area contributed by atoms with Gasteiger partial charge in [0.1, 0.15) is 11.5 Å². The molecule has 3 heteroatoms. The molecule has 86 valence electrons. The maximum absolute atomic E-state index is 5.52. The highest BCUT2D eigenvalue weighted by atomic mass is 16.3. The molecule has 0 unspecified atom stereocenters. The zero-order valence-electron chi connectivity index (χ0n) is 10.0. The van der Waals surface area contributed by atoms with Crippen molar-refractivity contribution in [2.24, 2.45) is 0 Å². The average molecular weight is 210 g/mol. The molecule has 1 rings (SSSR count). The smallest absolute Gasteiger partial charge is 0.118 e. The Morgan fingerprint density at radius 3 is 2.80 bits per heavy atom. The molecule has 0 fully saturated rings. The number of hydrogen-bond donors (Lipinski definition) is 1. The number of aryl methyl sites for hydroxylation is 1. The zero-order valence-corrected chi connectivity index (χ0v) is 10.0. The van der Waals surface area contributed by atoms with E-state index in [4.69, 9.17) is 4.42 Å². The van der Waals surface area contributed by atoms with Crippen LogP contribution in [-0.2, 0) is 6.54 Å². The number of rotatable bonds is 7. The van der Waals surface area contributed by atoms with Gasteiger partial charge in [-0.05, 0) is 52.2 Å². The SMILES string of the molecule is CCNCCCN(C)Cc1ccc(C)o1. The molecule has 0 spiro atoms. The van der Waals surface area contributed by atoms with Gasteiger partial charge in [0.05, 0.1) is 6.54 Å². The van der Waals surface area contributed by atoms with Crippen LogP contribution in [0.25, 0.3) is 0 Å². The Balaban J connectivity index is 2.15. The van der Waals surface area contributed by atoms with Crippen molar-refractivity contribution >= 4 is 0 Å². The summed E-state index contributed by atoms with van der Waals surface area (Å²) < 4.78 is 5.52. The van der Waals surface area contributed by atoms with Gasteiger partial charge >= 0.3 is 0 Å². The first-order chi connectivity index (χ1) is 7.22. The highest BCUT2D eigenvalue weighted by Gasteiger charge is 2.03. The van der Waals surface area contributed by atoms with Crippen molar-refractivity contribution in [1.29, 1.82) is 0 Å². The second kappa shape index (κ2) is 6.64. The summed E-state index contributed by atoms with van der Waals surface area (Å²) in [4.78, 5) is 2.29. The highest BCUT2D eigenvalue weighted by molar-refractivity contribution is 5.05. The predicted octanol–water partition coefficient (Wildman–Crippen LogP) is 2.02. The van der Waals surface area contributed by atoms with Crippen LogP contribution in [0, 0.1) is 6.92 Å². The predicted molar refractivity (Wildman–Crippen MR) is 62.9 cm³/mol. The largest absolute Gasteiger partial charge is 0.465 e. The summed E-state index contributed by atoms with van der Waals surface area (Å²) in [6.07, 6.45) is 1.18. The minimum Gasteiger partial charge on any atom is -0.465 e. The van der Waals surface area contributed by atoms with Gasteiger partial charge in [-0.2, -0.15) is 0 Å². The van der Waals surface area contributed by atoms with Crippen LogP contribution in [0.15, 0.2) is 16.5 Å². The molecule has 0 amide bonds. The standard InChI is InChI=1S/C12H22N2O/c1-4-13-8-5-9-14(3)10-12-7-6-11(2)15-12/h6-7,13H,4-5,8-10H2,1-3H3. The molecule has 1 heterocycles. The van der Waals surface area contributed by atoms with E-state index in [9.17, 15) is 0 Å². The fourth-order valence-electron chi connectivity index (χ4n) is 1.57. The van der Waals surface area contributed by atoms with Gasteiger partial charge in [-0.1, -0.05) is 6.92 Å². The quantitative estimate of drug-likeness (QED) is 0.698. The third-order valence-corrected chi connectivity index (χ3v) is 2.37. The Morgan fingerprint density at radius 2 is 2.20 bits per heavy atom. The topological polar surface area (TPSA) is 28.4 Å². The molecule has 3 nitrogen and oxygen atoms in total. The van der Waals surface area contributed by atoms with Crippen molar-refractivity contribution in [3.8, 4) is 0 Å². The van der Waals surface area contributed by atoms with Crippen LogP contribution in [0.3, 0.4) is 0 Å². The average Bonchev–Trinajstić information content (AvgIpc) is 2.59. The van der Waals surface area contributed by atoms with Crippen molar-refractivity contribution in [3.05, 3.63) is 23.7 Å². The Bertz CT molecular complexity index is 270. The number of nitrogens with one attached hydrogen (secondary N) is 1. The summed E-state index contributed by atoms with van der Waals surface area (Å²) in [6.45, 7) is 8.27. The van der Waals surface area contributed by atoms with Crippen molar-refractivity contribution in [1.82, 2.24) is 10.2 Å². The van der Waals surface area contributed by atoms with Crippen LogP contribution in [0.1, 0.15) is 24.9 Å². The minimum absolute atomic E-state index is 0.903. The molecule has 1 aromatic rings. The molecule has 1 N–H and O–H groups in total. The molecule has 0 aliphatic rings. The molecule has 0 radical (unpaired) electrons. The van der Waals surface area contributed by atoms with E-state index in [1.54, 1.807) is 0 Å². The summed E-state index contributed by atoms with van der Waals surface area (Å²) in [5.41, 5.74) is 0. The first kappa shape index (κ1) is 12.3. The lowest BCUT2D eigenvalue weighted by Crippen LogP contribution is -2.23. The molecule has 0 saturated heterocycles. The molecule has 0 saturated carbocycles. The zero-order chi connectivity index (χ0) is 11.1. The van der Waals surface area contributed by atoms with Gasteiger partial charge in [-0.25, -0.2) is 0 Å². The lowest BCUT2D eigenvalue weighted by atomic mass is 10.3. The number of hydrogen-bond acceptors (Lipinski definition) is 3. The summed E-state index contributed by atoms with van der Waals surface area (Å²) in [7, 11) is 2.13. The van der Waals surface area contributed by atoms with Crippen LogP contribution in [0.5, 0.6) is 0 Å². The van der Waals surface area contributed by atoms with Gasteiger partial charge in [0, 0.05) is 0 Å². The molecular weight excluding hydrogens is 188 g/mol. The first-order valence-corrected chi connectivity index (χ1v) is 5.67. The van der Waals surface area contributed by atoms with Gasteiger partial charge in [-0.15, -0.1) is 0 Å². The maximum Gasteiger partial charge on any atom is 0.118 e. The van der Waals surface area contributed by atoms with Crippen molar-refractivity contribution in [2.45, 2.75) is 26.8 Å². The highest BCUT2D eigenvalue weighted by Crippen LogP contribution is 2.08. The summed E-state index contributed by atoms with van der Waals surface area (Å²) in [6, 6.07) is 4.07. The molecule has 0 aromatic carbocycles. The van der Waals surface area contributed by atoms with Gasteiger partial charge in [0.25, 0.3) is 0 Å². The summed E-state index contributed by atoms with van der Waals surface area (Å²) in [5, 5.41) is 3.32. The summed E-state index contributed by atoms with van der Waals surface area (Å²) in [5.74, 6) is 2.05. The molecule has 0 atom stereocenters. The first-order valence-electron chi connectivity index (χ1n) is 5.67. The van der Waals surface area contributed by atoms with E-state index < -0.39 is 0 Å². The van der Waals surface area contributed by atoms with Crippen molar-refractivity contribution in [2.75, 3.05) is 26.7 Å². The Labute approximate surface area is 92.5 Å². The third kappa shape index (κ3) is 5.00. The lowest BCUT2D eigenvalue weighted by molar-refractivity contribution is 0.288. The molecule has 0 bridgehead atoms. The number of furan rings is 1. The number of nitrogens with zero attached hydrogens (tertiary/aromatic N) is 1. The maximum atomic E-state index is 5.52. The molecule has 1 aromatic heterocycles. The van der Waals surface area contributed by atoms with E-state index in [-0.39, 0.29) is 0 Å². The lowest BCUT2D eigenvalue weighted by Gasteiger charge is -2.14. The van der Waals surface area contributed by atoms with E-state index in [1.807, 2.05) is 13.0 Å². The molecular formula is C12H22N2O. The summed E-state index contributed by atoms with van der Waals surface area (Å²) >= 11 is 0. The Hall–Kier alpha value is -0.800. The van der Waals surface area contributed by atoms with Crippen molar-refractivity contribution < 1.29 is 4.42 Å². The van der Waals surface area contributed by atoms with Gasteiger partial charge in [0.15, 0.2) is 0 Å². The second-order valence-corrected chi connectivity index (χ2v) is 3.96. The van der Waals surface area contributed by atoms with E-state index in [1.165, 1.54) is 6.42 Å². The molecule has 15 heavy (non-hydrogen) atoms. The minimum atomic E-state index is 0.903. The third-order valence-electron chi connectivity index (χ3n) is 2.37. The van der Waals surface area contributed by atoms with E-state index in [0.29, 0.717) is 0 Å². The van der Waals surface area contributed by atoms with Crippen LogP contribution in [0.4, 0.5) is 0 Å². The Kier molecular flexibility index (Phi) is 5.43. The second-order valence-electron chi connectivity index (χ2n) is 3.96. The van der Waals surface area contributed by atoms with Gasteiger partial charge in [0.2, 0.25) is 0 Å². The van der Waals surface area contributed by atoms with Crippen LogP contribution in [0.2, 0.25) is 0 Å². The van der Waals surface area contributed by atoms with Crippen LogP contribution in [-0.4, -0.2) is 31.6 Å². The fourth-order valence-corrected chi connectivity index (χ4v) is 1.57. The van der Waals surface area contributed by atoms with Crippen LogP contribution < -0.4 is 5.32 Å². The Morgan fingerprint density at radius 1 is 1.40 bits per heavy atom. The molecule has 0 aliphatic carbocycles. The van der Waals surface area contributed by atoms with E-state index in [0.717, 1.165) is 37.7 Å². The monoisotopic (exact) mass is 210 g/mol. The normalized spacial score (nSPS) is 11.2. The van der Waals surface area contributed by atoms with Crippen molar-refractivity contribution in [3.63, 3.8) is 0 Å². The van der Waals surface area contributed by atoms with Crippen LogP contribution >= 0.6 is 0 Å². The van der Waals surface area contributed by atoms with Gasteiger partial charge < -0.3 is 9.73 Å². The molecule has 0 aliphatic heterocycles. The van der Waals surface area contributed by atoms with Gasteiger partial charge in [-0.3, -0.25) is 4.90 Å².